The zero-order valence-corrected chi connectivity index (χ0v) is 37.4. The highest BCUT2D eigenvalue weighted by Crippen LogP contribution is 2.54. The van der Waals surface area contributed by atoms with Gasteiger partial charge in [-0.25, -0.2) is 0 Å². The van der Waals surface area contributed by atoms with E-state index in [1.807, 2.05) is 11.3 Å². The predicted molar refractivity (Wildman–Crippen MR) is 282 cm³/mol. The van der Waals surface area contributed by atoms with Crippen LogP contribution in [0.3, 0.4) is 0 Å². The summed E-state index contributed by atoms with van der Waals surface area (Å²) in [6.45, 7) is 4.81. The van der Waals surface area contributed by atoms with Crippen LogP contribution >= 0.6 is 11.3 Å². The number of hydrogen-bond donors (Lipinski definition) is 0. The highest BCUT2D eigenvalue weighted by atomic mass is 32.1. The molecule has 0 amide bonds. The molecule has 310 valence electrons. The van der Waals surface area contributed by atoms with Gasteiger partial charge in [-0.3, -0.25) is 0 Å². The van der Waals surface area contributed by atoms with Crippen LogP contribution in [0.2, 0.25) is 0 Å². The van der Waals surface area contributed by atoms with Crippen LogP contribution in [-0.4, -0.2) is 9.13 Å². The molecule has 1 aliphatic rings. The van der Waals surface area contributed by atoms with Gasteiger partial charge in [0.15, 0.2) is 0 Å². The first-order valence-electron chi connectivity index (χ1n) is 22.9. The highest BCUT2D eigenvalue weighted by Gasteiger charge is 2.37. The second-order valence-corrected chi connectivity index (χ2v) is 19.5. The average molecular weight is 859 g/mol. The first-order chi connectivity index (χ1) is 32.5. The molecule has 3 heteroatoms. The SMILES string of the molecule is CC1(C)c2cc(-n3c4ccccc4c4ccc(-c5ccc6c7ccccc7n(-c7cc(-c8ccccc8)cc(-c8ccccc8)c7)c6c5)cc43)ccc2-c2c1ccc1c2sc2ccccc21. The topological polar surface area (TPSA) is 9.86 Å². The van der Waals surface area contributed by atoms with Crippen molar-refractivity contribution in [2.75, 3.05) is 0 Å². The molecule has 66 heavy (non-hydrogen) atoms. The van der Waals surface area contributed by atoms with E-state index in [-0.39, 0.29) is 5.41 Å². The monoisotopic (exact) mass is 858 g/mol. The number of fused-ring (bicyclic) bond motifs is 13. The van der Waals surface area contributed by atoms with Crippen molar-refractivity contribution in [3.8, 4) is 55.9 Å². The fraction of sp³-hybridized carbons (Fsp3) is 0.0476. The molecule has 3 heterocycles. The molecule has 0 atom stereocenters. The number of hydrogen-bond acceptors (Lipinski definition) is 1. The van der Waals surface area contributed by atoms with Crippen LogP contribution in [0.1, 0.15) is 25.0 Å². The van der Waals surface area contributed by atoms with Gasteiger partial charge in [-0.1, -0.05) is 172 Å². The van der Waals surface area contributed by atoms with Crippen LogP contribution in [0, 0.1) is 0 Å². The van der Waals surface area contributed by atoms with Gasteiger partial charge in [0, 0.05) is 64.1 Å². The maximum absolute atomic E-state index is 2.50. The van der Waals surface area contributed by atoms with E-state index in [2.05, 4.69) is 241 Å². The molecule has 0 spiro atoms. The molecule has 1 aliphatic carbocycles. The van der Waals surface area contributed by atoms with E-state index < -0.39 is 0 Å². The zero-order chi connectivity index (χ0) is 43.7. The summed E-state index contributed by atoms with van der Waals surface area (Å²) in [5, 5.41) is 7.71. The Morgan fingerprint density at radius 1 is 0.333 bits per heavy atom. The zero-order valence-electron chi connectivity index (χ0n) is 36.6. The van der Waals surface area contributed by atoms with Crippen LogP contribution in [-0.2, 0) is 5.41 Å². The maximum atomic E-state index is 2.50. The van der Waals surface area contributed by atoms with Crippen molar-refractivity contribution in [1.82, 2.24) is 9.13 Å². The predicted octanol–water partition coefficient (Wildman–Crippen LogP) is 17.6. The molecule has 0 aliphatic heterocycles. The average Bonchev–Trinajstić information content (AvgIpc) is 4.09. The standard InChI is InChI=1S/C63H42N2S/c1-63(2)54-32-31-52-51-21-11-14-24-60(51)66-62(52)61(54)53-30-27-45(38-55(53)63)64-56-22-12-9-19-47(56)49-28-25-41(36-58(49)64)42-26-29-50-48-20-10-13-23-57(48)65(59(50)37-42)46-34-43(39-15-5-3-6-16-39)33-44(35-46)40-17-7-4-8-18-40/h3-38H,1-2H3. The lowest BCUT2D eigenvalue weighted by Gasteiger charge is -2.22. The van der Waals surface area contributed by atoms with E-state index in [0.29, 0.717) is 0 Å². The van der Waals surface area contributed by atoms with E-state index in [4.69, 9.17) is 0 Å². The van der Waals surface area contributed by atoms with Crippen LogP contribution in [0.25, 0.3) is 120 Å². The van der Waals surface area contributed by atoms with Crippen molar-refractivity contribution in [1.29, 1.82) is 0 Å². The van der Waals surface area contributed by atoms with Crippen molar-refractivity contribution in [3.63, 3.8) is 0 Å². The third kappa shape index (κ3) is 5.41. The smallest absolute Gasteiger partial charge is 0.0547 e. The third-order valence-corrected chi connectivity index (χ3v) is 15.7. The number of thiophene rings is 1. The van der Waals surface area contributed by atoms with Gasteiger partial charge >= 0.3 is 0 Å². The molecule has 0 saturated carbocycles. The van der Waals surface area contributed by atoms with Crippen molar-refractivity contribution >= 4 is 75.1 Å². The Balaban J connectivity index is 0.953. The minimum absolute atomic E-state index is 0.148. The van der Waals surface area contributed by atoms with Crippen molar-refractivity contribution < 1.29 is 0 Å². The van der Waals surface area contributed by atoms with Crippen molar-refractivity contribution in [3.05, 3.63) is 230 Å². The Labute approximate surface area is 386 Å². The Morgan fingerprint density at radius 2 is 0.848 bits per heavy atom. The van der Waals surface area contributed by atoms with Crippen LogP contribution < -0.4 is 0 Å². The number of nitrogens with zero attached hydrogens (tertiary/aromatic N) is 2. The van der Waals surface area contributed by atoms with Crippen molar-refractivity contribution in [2.45, 2.75) is 19.3 Å². The van der Waals surface area contributed by atoms with Gasteiger partial charge in [0.1, 0.15) is 0 Å². The number of para-hydroxylation sites is 2. The second-order valence-electron chi connectivity index (χ2n) is 18.5. The third-order valence-electron chi connectivity index (χ3n) is 14.5. The van der Waals surface area contributed by atoms with Gasteiger partial charge in [-0.05, 0) is 111 Å². The summed E-state index contributed by atoms with van der Waals surface area (Å²) in [7, 11) is 0. The van der Waals surface area contributed by atoms with Crippen molar-refractivity contribution in [2.24, 2.45) is 0 Å². The number of benzene rings is 10. The molecule has 14 rings (SSSR count). The first kappa shape index (κ1) is 37.4. The van der Waals surface area contributed by atoms with Crippen LogP contribution in [0.5, 0.6) is 0 Å². The molecule has 0 saturated heterocycles. The summed E-state index contributed by atoms with van der Waals surface area (Å²) >= 11 is 1.93. The Kier molecular flexibility index (Phi) is 7.94. The lowest BCUT2D eigenvalue weighted by molar-refractivity contribution is 0.660. The summed E-state index contributed by atoms with van der Waals surface area (Å²) in [6.07, 6.45) is 0. The van der Waals surface area contributed by atoms with Crippen LogP contribution in [0.15, 0.2) is 218 Å². The molecule has 0 fully saturated rings. The van der Waals surface area contributed by atoms with Crippen LogP contribution in [0.4, 0.5) is 0 Å². The molecule has 13 aromatic rings. The van der Waals surface area contributed by atoms with Gasteiger partial charge < -0.3 is 9.13 Å². The van der Waals surface area contributed by atoms with E-state index in [1.54, 1.807) is 0 Å². The molecule has 0 radical (unpaired) electrons. The normalized spacial score (nSPS) is 13.1. The summed E-state index contributed by atoms with van der Waals surface area (Å²) in [5.74, 6) is 0. The Hall–Kier alpha value is -7.98. The fourth-order valence-electron chi connectivity index (χ4n) is 11.3. The Morgan fingerprint density at radius 3 is 1.47 bits per heavy atom. The van der Waals surface area contributed by atoms with E-state index in [1.165, 1.54) is 125 Å². The molecule has 0 bridgehead atoms. The van der Waals surface area contributed by atoms with Gasteiger partial charge in [0.2, 0.25) is 0 Å². The molecule has 2 nitrogen and oxygen atoms in total. The van der Waals surface area contributed by atoms with Gasteiger partial charge in [0.25, 0.3) is 0 Å². The second kappa shape index (κ2) is 14.0. The quantitative estimate of drug-likeness (QED) is 0.163. The number of rotatable bonds is 5. The minimum atomic E-state index is -0.148. The molecule has 3 aromatic heterocycles. The van der Waals surface area contributed by atoms with Gasteiger partial charge in [-0.15, -0.1) is 11.3 Å². The maximum Gasteiger partial charge on any atom is 0.0547 e. The van der Waals surface area contributed by atoms with E-state index in [9.17, 15) is 0 Å². The van der Waals surface area contributed by atoms with E-state index in [0.717, 1.165) is 5.69 Å². The largest absolute Gasteiger partial charge is 0.309 e. The molecular formula is C63H42N2S. The van der Waals surface area contributed by atoms with Gasteiger partial charge in [0.05, 0.1) is 22.1 Å². The first-order valence-corrected chi connectivity index (χ1v) is 23.7. The number of aromatic nitrogens is 2. The molecule has 0 N–H and O–H groups in total. The van der Waals surface area contributed by atoms with Gasteiger partial charge in [-0.2, -0.15) is 0 Å². The lowest BCUT2D eigenvalue weighted by Crippen LogP contribution is -2.15. The van der Waals surface area contributed by atoms with E-state index >= 15 is 0 Å². The molecule has 10 aromatic carbocycles. The Bertz CT molecular complexity index is 4070. The summed E-state index contributed by atoms with van der Waals surface area (Å²) in [6, 6.07) is 81.2. The molecular weight excluding hydrogens is 817 g/mol. The fourth-order valence-corrected chi connectivity index (χ4v) is 12.6. The summed E-state index contributed by atoms with van der Waals surface area (Å²) < 4.78 is 7.71. The summed E-state index contributed by atoms with van der Waals surface area (Å²) in [4.78, 5) is 0. The summed E-state index contributed by atoms with van der Waals surface area (Å²) in [5.41, 5.74) is 19.7. The minimum Gasteiger partial charge on any atom is -0.309 e. The highest BCUT2D eigenvalue weighted by molar-refractivity contribution is 7.26. The lowest BCUT2D eigenvalue weighted by atomic mass is 9.82. The molecule has 0 unspecified atom stereocenters.